The smallest absolute Gasteiger partial charge is 0.112 e. The molecule has 1 saturated heterocycles. The van der Waals surface area contributed by atoms with Gasteiger partial charge in [0, 0.05) is 18.0 Å². The lowest BCUT2D eigenvalue weighted by atomic mass is 9.75. The molecule has 2 aliphatic rings. The first-order chi connectivity index (χ1) is 6.37. The van der Waals surface area contributed by atoms with E-state index in [0.717, 1.165) is 12.8 Å². The molecule has 0 aromatic carbocycles. The summed E-state index contributed by atoms with van der Waals surface area (Å²) in [5, 5.41) is 22.5. The van der Waals surface area contributed by atoms with Gasteiger partial charge < -0.3 is 15.5 Å². The molecular weight excluding hydrogens is 185 g/mol. The molecule has 0 aromatic rings. The fourth-order valence-electron chi connectivity index (χ4n) is 2.77. The zero-order valence-corrected chi connectivity index (χ0v) is 8.63. The van der Waals surface area contributed by atoms with Crippen molar-refractivity contribution in [2.45, 2.75) is 50.1 Å². The van der Waals surface area contributed by atoms with Crippen molar-refractivity contribution in [1.29, 1.82) is 0 Å². The fourth-order valence-corrected chi connectivity index (χ4v) is 2.77. The number of rotatable bonds is 1. The highest BCUT2D eigenvalue weighted by Crippen LogP contribution is 2.51. The number of hydrogen-bond acceptors (Lipinski definition) is 3. The quantitative estimate of drug-likeness (QED) is 0.571. The number of hydrogen-bond donors (Lipinski definition) is 3. The van der Waals surface area contributed by atoms with Gasteiger partial charge in [0.25, 0.3) is 0 Å². The third-order valence-corrected chi connectivity index (χ3v) is 3.52. The Morgan fingerprint density at radius 1 is 1.36 bits per heavy atom. The monoisotopic (exact) mass is 203 g/mol. The first kappa shape index (κ1) is 10.3. The summed E-state index contributed by atoms with van der Waals surface area (Å²) in [6, 6.07) is 0. The zero-order valence-electron chi connectivity index (χ0n) is 8.63. The van der Waals surface area contributed by atoms with Gasteiger partial charge in [0.1, 0.15) is 5.67 Å². The summed E-state index contributed by atoms with van der Waals surface area (Å²) in [5.74, 6) is -0.501. The SMILES string of the molecule is CC(C)(F)C1[C@@H](O)[C@H](O)CNC12CC2. The number of aliphatic hydroxyl groups excluding tert-OH is 2. The van der Waals surface area contributed by atoms with Crippen LogP contribution in [0.2, 0.25) is 0 Å². The van der Waals surface area contributed by atoms with E-state index in [0.29, 0.717) is 6.54 Å². The van der Waals surface area contributed by atoms with Crippen LogP contribution in [0.15, 0.2) is 0 Å². The molecule has 2 rings (SSSR count). The Morgan fingerprint density at radius 3 is 2.36 bits per heavy atom. The van der Waals surface area contributed by atoms with Crippen molar-refractivity contribution in [2.24, 2.45) is 5.92 Å². The number of nitrogens with one attached hydrogen (secondary N) is 1. The number of β-amino-alcohol motifs (C(OH)–C–C–N with tert-alkyl or cyclic N) is 1. The van der Waals surface area contributed by atoms with Crippen LogP contribution in [0.3, 0.4) is 0 Å². The van der Waals surface area contributed by atoms with Crippen LogP contribution in [-0.2, 0) is 0 Å². The predicted octanol–water partition coefficient (Wildman–Crippen LogP) is 0.208. The Labute approximate surface area is 83.3 Å². The number of aliphatic hydroxyl groups is 2. The van der Waals surface area contributed by atoms with Gasteiger partial charge in [-0.2, -0.15) is 0 Å². The summed E-state index contributed by atoms with van der Waals surface area (Å²) >= 11 is 0. The van der Waals surface area contributed by atoms with E-state index in [-0.39, 0.29) is 5.54 Å². The lowest BCUT2D eigenvalue weighted by Crippen LogP contribution is -2.63. The lowest BCUT2D eigenvalue weighted by Gasteiger charge is -2.44. The third kappa shape index (κ3) is 1.45. The maximum absolute atomic E-state index is 13.9. The van der Waals surface area contributed by atoms with Crippen LogP contribution < -0.4 is 5.32 Å². The van der Waals surface area contributed by atoms with Crippen molar-refractivity contribution in [3.63, 3.8) is 0 Å². The second-order valence-electron chi connectivity index (χ2n) is 5.14. The molecule has 0 bridgehead atoms. The summed E-state index contributed by atoms with van der Waals surface area (Å²) in [6.45, 7) is 3.31. The molecule has 1 aliphatic carbocycles. The Balaban J connectivity index is 2.23. The molecule has 1 saturated carbocycles. The van der Waals surface area contributed by atoms with Crippen molar-refractivity contribution in [1.82, 2.24) is 5.32 Å². The molecule has 3 N–H and O–H groups in total. The van der Waals surface area contributed by atoms with Crippen molar-refractivity contribution in [2.75, 3.05) is 6.54 Å². The molecule has 82 valence electrons. The van der Waals surface area contributed by atoms with Crippen LogP contribution in [0.4, 0.5) is 4.39 Å². The molecule has 1 unspecified atom stereocenters. The summed E-state index contributed by atoms with van der Waals surface area (Å²) < 4.78 is 13.9. The summed E-state index contributed by atoms with van der Waals surface area (Å²) in [6.07, 6.45) is 0.00356. The second kappa shape index (κ2) is 2.90. The Bertz CT molecular complexity index is 235. The third-order valence-electron chi connectivity index (χ3n) is 3.52. The highest BCUT2D eigenvalue weighted by atomic mass is 19.1. The van der Waals surface area contributed by atoms with Crippen LogP contribution in [0.25, 0.3) is 0 Å². The van der Waals surface area contributed by atoms with E-state index >= 15 is 0 Å². The van der Waals surface area contributed by atoms with E-state index in [1.807, 2.05) is 0 Å². The molecule has 1 heterocycles. The van der Waals surface area contributed by atoms with E-state index in [1.165, 1.54) is 13.8 Å². The maximum atomic E-state index is 13.9. The second-order valence-corrected chi connectivity index (χ2v) is 5.14. The first-order valence-electron chi connectivity index (χ1n) is 5.17. The molecule has 0 amide bonds. The van der Waals surface area contributed by atoms with Gasteiger partial charge in [0.15, 0.2) is 0 Å². The molecule has 1 aliphatic heterocycles. The Hall–Kier alpha value is -0.190. The van der Waals surface area contributed by atoms with Crippen LogP contribution in [-0.4, -0.2) is 40.2 Å². The highest BCUT2D eigenvalue weighted by molar-refractivity contribution is 5.16. The van der Waals surface area contributed by atoms with Gasteiger partial charge >= 0.3 is 0 Å². The summed E-state index contributed by atoms with van der Waals surface area (Å²) in [4.78, 5) is 0. The minimum absolute atomic E-state index is 0.253. The number of piperidine rings is 1. The number of halogens is 1. The average molecular weight is 203 g/mol. The van der Waals surface area contributed by atoms with Gasteiger partial charge in [-0.05, 0) is 26.7 Å². The van der Waals surface area contributed by atoms with Crippen molar-refractivity contribution in [3.05, 3.63) is 0 Å². The van der Waals surface area contributed by atoms with Crippen molar-refractivity contribution < 1.29 is 14.6 Å². The molecule has 0 radical (unpaired) electrons. The minimum Gasteiger partial charge on any atom is -0.390 e. The maximum Gasteiger partial charge on any atom is 0.112 e. The van der Waals surface area contributed by atoms with Crippen LogP contribution in [0, 0.1) is 5.92 Å². The standard InChI is InChI=1S/C10H18FNO2/c1-9(2,11)8-7(14)6(13)5-12-10(8)3-4-10/h6-8,12-14H,3-5H2,1-2H3/t6-,7+,8?/m1/s1. The van der Waals surface area contributed by atoms with E-state index < -0.39 is 23.8 Å². The van der Waals surface area contributed by atoms with Gasteiger partial charge in [-0.3, -0.25) is 0 Å². The molecule has 3 nitrogen and oxygen atoms in total. The number of alkyl halides is 1. The molecule has 3 atom stereocenters. The van der Waals surface area contributed by atoms with E-state index in [1.54, 1.807) is 0 Å². The first-order valence-corrected chi connectivity index (χ1v) is 5.17. The van der Waals surface area contributed by atoms with E-state index in [2.05, 4.69) is 5.32 Å². The average Bonchev–Trinajstić information content (AvgIpc) is 2.77. The van der Waals surface area contributed by atoms with E-state index in [9.17, 15) is 14.6 Å². The zero-order chi connectivity index (χ0) is 10.6. The van der Waals surface area contributed by atoms with Gasteiger partial charge in [0.05, 0.1) is 12.2 Å². The van der Waals surface area contributed by atoms with Gasteiger partial charge in [-0.1, -0.05) is 0 Å². The Kier molecular flexibility index (Phi) is 2.14. The normalized spacial score (nSPS) is 41.4. The molecule has 1 spiro atoms. The topological polar surface area (TPSA) is 52.5 Å². The predicted molar refractivity (Wildman–Crippen MR) is 50.7 cm³/mol. The molecule has 4 heteroatoms. The molecule has 0 aromatic heterocycles. The molecule has 2 fully saturated rings. The van der Waals surface area contributed by atoms with Crippen LogP contribution in [0.5, 0.6) is 0 Å². The molecule has 14 heavy (non-hydrogen) atoms. The lowest BCUT2D eigenvalue weighted by molar-refractivity contribution is -0.103. The fraction of sp³-hybridized carbons (Fsp3) is 1.00. The van der Waals surface area contributed by atoms with Gasteiger partial charge in [0.2, 0.25) is 0 Å². The van der Waals surface area contributed by atoms with Crippen molar-refractivity contribution >= 4 is 0 Å². The largest absolute Gasteiger partial charge is 0.390 e. The van der Waals surface area contributed by atoms with Gasteiger partial charge in [-0.15, -0.1) is 0 Å². The highest BCUT2D eigenvalue weighted by Gasteiger charge is 2.61. The summed E-state index contributed by atoms with van der Waals surface area (Å²) in [5.41, 5.74) is -1.71. The minimum atomic E-state index is -1.45. The van der Waals surface area contributed by atoms with Crippen molar-refractivity contribution in [3.8, 4) is 0 Å². The Morgan fingerprint density at radius 2 is 1.93 bits per heavy atom. The van der Waals surface area contributed by atoms with Gasteiger partial charge in [-0.25, -0.2) is 4.39 Å². The van der Waals surface area contributed by atoms with E-state index in [4.69, 9.17) is 0 Å². The molecular formula is C10H18FNO2. The van der Waals surface area contributed by atoms with Crippen LogP contribution in [0.1, 0.15) is 26.7 Å². The summed E-state index contributed by atoms with van der Waals surface area (Å²) in [7, 11) is 0. The van der Waals surface area contributed by atoms with Crippen LogP contribution >= 0.6 is 0 Å².